The molecule has 1 aromatic rings. The zero-order chi connectivity index (χ0) is 12.5. The van der Waals surface area contributed by atoms with Crippen LogP contribution in [0.1, 0.15) is 36.2 Å². The van der Waals surface area contributed by atoms with Crippen molar-refractivity contribution in [2.75, 3.05) is 5.43 Å². The number of nitrogens with one attached hydrogen (secondary N) is 2. The van der Waals surface area contributed by atoms with Crippen molar-refractivity contribution in [1.82, 2.24) is 15.5 Å². The number of hydrazine groups is 1. The average molecular weight is 247 g/mol. The number of fused-ring (bicyclic) bond motifs is 2. The Bertz CT molecular complexity index is 446. The van der Waals surface area contributed by atoms with Gasteiger partial charge in [0, 0.05) is 6.04 Å². The van der Waals surface area contributed by atoms with Crippen LogP contribution >= 0.6 is 0 Å². The van der Waals surface area contributed by atoms with Crippen molar-refractivity contribution in [3.05, 3.63) is 17.8 Å². The van der Waals surface area contributed by atoms with Crippen LogP contribution in [0.2, 0.25) is 0 Å². The van der Waals surface area contributed by atoms with Crippen molar-refractivity contribution >= 4 is 11.7 Å². The van der Waals surface area contributed by atoms with E-state index in [9.17, 15) is 4.79 Å². The summed E-state index contributed by atoms with van der Waals surface area (Å²) < 4.78 is 0. The first-order valence-electron chi connectivity index (χ1n) is 6.37. The van der Waals surface area contributed by atoms with E-state index < -0.39 is 0 Å². The SMILES string of the molecule is NNc1ccc(C(=O)NC2CC3CCC2C3)nn1. The van der Waals surface area contributed by atoms with Crippen molar-refractivity contribution in [2.24, 2.45) is 17.7 Å². The predicted octanol–water partition coefficient (Wildman–Crippen LogP) is 0.681. The van der Waals surface area contributed by atoms with E-state index in [1.165, 1.54) is 19.3 Å². The van der Waals surface area contributed by atoms with Gasteiger partial charge in [-0.1, -0.05) is 6.42 Å². The molecule has 3 atom stereocenters. The molecule has 3 rings (SSSR count). The van der Waals surface area contributed by atoms with E-state index in [4.69, 9.17) is 5.84 Å². The summed E-state index contributed by atoms with van der Waals surface area (Å²) in [5.41, 5.74) is 2.73. The van der Waals surface area contributed by atoms with E-state index in [2.05, 4.69) is 20.9 Å². The number of anilines is 1. The van der Waals surface area contributed by atoms with Gasteiger partial charge in [0.1, 0.15) is 0 Å². The lowest BCUT2D eigenvalue weighted by Gasteiger charge is -2.22. The van der Waals surface area contributed by atoms with Crippen LogP contribution in [0.3, 0.4) is 0 Å². The highest BCUT2D eigenvalue weighted by molar-refractivity contribution is 5.92. The van der Waals surface area contributed by atoms with Gasteiger partial charge in [-0.05, 0) is 43.2 Å². The monoisotopic (exact) mass is 247 g/mol. The molecular formula is C12H17N5O. The molecular weight excluding hydrogens is 230 g/mol. The Morgan fingerprint density at radius 3 is 2.72 bits per heavy atom. The highest BCUT2D eigenvalue weighted by Gasteiger charge is 2.40. The van der Waals surface area contributed by atoms with Gasteiger partial charge >= 0.3 is 0 Å². The number of aromatic nitrogens is 2. The van der Waals surface area contributed by atoms with Crippen LogP contribution in [0.15, 0.2) is 12.1 Å². The van der Waals surface area contributed by atoms with Crippen LogP contribution in [0, 0.1) is 11.8 Å². The Balaban J connectivity index is 1.64. The second-order valence-electron chi connectivity index (χ2n) is 5.20. The Morgan fingerprint density at radius 1 is 1.28 bits per heavy atom. The summed E-state index contributed by atoms with van der Waals surface area (Å²) in [6, 6.07) is 3.60. The van der Waals surface area contributed by atoms with E-state index in [-0.39, 0.29) is 5.91 Å². The number of hydrogen-bond acceptors (Lipinski definition) is 5. The molecule has 0 aromatic carbocycles. The number of nitrogens with zero attached hydrogens (tertiary/aromatic N) is 2. The van der Waals surface area contributed by atoms with Crippen LogP contribution < -0.4 is 16.6 Å². The van der Waals surface area contributed by atoms with Gasteiger partial charge in [-0.2, -0.15) is 0 Å². The third-order valence-corrected chi connectivity index (χ3v) is 4.10. The van der Waals surface area contributed by atoms with Gasteiger partial charge in [0.25, 0.3) is 5.91 Å². The smallest absolute Gasteiger partial charge is 0.272 e. The lowest BCUT2D eigenvalue weighted by molar-refractivity contribution is 0.0917. The van der Waals surface area contributed by atoms with Crippen LogP contribution in [-0.4, -0.2) is 22.1 Å². The first kappa shape index (κ1) is 11.4. The number of nitrogens with two attached hydrogens (primary N) is 1. The second-order valence-corrected chi connectivity index (χ2v) is 5.20. The minimum Gasteiger partial charge on any atom is -0.348 e. The van der Waals surface area contributed by atoms with Crippen LogP contribution in [0.25, 0.3) is 0 Å². The molecule has 0 saturated heterocycles. The maximum atomic E-state index is 12.0. The Morgan fingerprint density at radius 2 is 2.17 bits per heavy atom. The van der Waals surface area contributed by atoms with E-state index in [0.29, 0.717) is 23.5 Å². The number of hydrogen-bond donors (Lipinski definition) is 3. The van der Waals surface area contributed by atoms with Gasteiger partial charge in [-0.3, -0.25) is 4.79 Å². The normalized spacial score (nSPS) is 29.3. The van der Waals surface area contributed by atoms with Gasteiger partial charge in [0.2, 0.25) is 0 Å². The molecule has 3 unspecified atom stereocenters. The van der Waals surface area contributed by atoms with Gasteiger partial charge in [0.05, 0.1) is 0 Å². The lowest BCUT2D eigenvalue weighted by Crippen LogP contribution is -2.38. The number of rotatable bonds is 3. The predicted molar refractivity (Wildman–Crippen MR) is 66.5 cm³/mol. The molecule has 2 fully saturated rings. The molecule has 18 heavy (non-hydrogen) atoms. The van der Waals surface area contributed by atoms with E-state index >= 15 is 0 Å². The number of nitrogen functional groups attached to an aromatic ring is 1. The molecule has 6 nitrogen and oxygen atoms in total. The Labute approximate surface area is 105 Å². The highest BCUT2D eigenvalue weighted by atomic mass is 16.2. The molecule has 1 amide bonds. The molecule has 2 bridgehead atoms. The third kappa shape index (κ3) is 2.03. The van der Waals surface area contributed by atoms with Gasteiger partial charge < -0.3 is 10.7 Å². The zero-order valence-electron chi connectivity index (χ0n) is 10.1. The van der Waals surface area contributed by atoms with Crippen molar-refractivity contribution in [3.63, 3.8) is 0 Å². The maximum absolute atomic E-state index is 12.0. The molecule has 96 valence electrons. The summed E-state index contributed by atoms with van der Waals surface area (Å²) >= 11 is 0. The van der Waals surface area contributed by atoms with Crippen molar-refractivity contribution in [2.45, 2.75) is 31.7 Å². The summed E-state index contributed by atoms with van der Waals surface area (Å²) in [7, 11) is 0. The number of carbonyl (C=O) groups is 1. The fraction of sp³-hybridized carbons (Fsp3) is 0.583. The third-order valence-electron chi connectivity index (χ3n) is 4.10. The largest absolute Gasteiger partial charge is 0.348 e. The topological polar surface area (TPSA) is 92.9 Å². The Hall–Kier alpha value is -1.69. The molecule has 0 spiro atoms. The maximum Gasteiger partial charge on any atom is 0.272 e. The van der Waals surface area contributed by atoms with Crippen LogP contribution in [0.5, 0.6) is 0 Å². The minimum atomic E-state index is -0.136. The molecule has 2 aliphatic rings. The van der Waals surface area contributed by atoms with E-state index in [0.717, 1.165) is 12.3 Å². The van der Waals surface area contributed by atoms with Gasteiger partial charge in [-0.15, -0.1) is 10.2 Å². The molecule has 6 heteroatoms. The summed E-state index contributed by atoms with van der Waals surface area (Å²) in [6.07, 6.45) is 4.96. The van der Waals surface area contributed by atoms with E-state index in [1.807, 2.05) is 0 Å². The highest BCUT2D eigenvalue weighted by Crippen LogP contribution is 2.44. The summed E-state index contributed by atoms with van der Waals surface area (Å²) in [6.45, 7) is 0. The van der Waals surface area contributed by atoms with Gasteiger partial charge in [-0.25, -0.2) is 5.84 Å². The number of amides is 1. The standard InChI is InChI=1S/C12H17N5O/c13-15-11-4-3-9(16-17-11)12(18)14-10-6-7-1-2-8(10)5-7/h3-4,7-8,10H,1-2,5-6,13H2,(H,14,18)(H,15,17). The molecule has 0 aliphatic heterocycles. The summed E-state index contributed by atoms with van der Waals surface area (Å²) in [5.74, 6) is 6.99. The fourth-order valence-electron chi connectivity index (χ4n) is 3.19. The molecule has 4 N–H and O–H groups in total. The first-order chi connectivity index (χ1) is 8.76. The van der Waals surface area contributed by atoms with Gasteiger partial charge in [0.15, 0.2) is 11.5 Å². The minimum absolute atomic E-state index is 0.136. The second kappa shape index (κ2) is 4.53. The quantitative estimate of drug-likeness (QED) is 0.539. The van der Waals surface area contributed by atoms with Crippen LogP contribution in [-0.2, 0) is 0 Å². The van der Waals surface area contributed by atoms with Crippen molar-refractivity contribution < 1.29 is 4.79 Å². The molecule has 2 aliphatic carbocycles. The Kier molecular flexibility index (Phi) is 2.87. The molecule has 1 heterocycles. The zero-order valence-corrected chi connectivity index (χ0v) is 10.1. The number of carbonyl (C=O) groups excluding carboxylic acids is 1. The fourth-order valence-corrected chi connectivity index (χ4v) is 3.19. The molecule has 1 aromatic heterocycles. The van der Waals surface area contributed by atoms with Crippen molar-refractivity contribution in [3.8, 4) is 0 Å². The van der Waals surface area contributed by atoms with E-state index in [1.54, 1.807) is 12.1 Å². The first-order valence-corrected chi connectivity index (χ1v) is 6.37. The molecule has 0 radical (unpaired) electrons. The van der Waals surface area contributed by atoms with Crippen LogP contribution in [0.4, 0.5) is 5.82 Å². The lowest BCUT2D eigenvalue weighted by atomic mass is 9.95. The summed E-state index contributed by atoms with van der Waals surface area (Å²) in [5, 5.41) is 10.7. The van der Waals surface area contributed by atoms with Crippen molar-refractivity contribution in [1.29, 1.82) is 0 Å². The average Bonchev–Trinajstić information content (AvgIpc) is 3.01. The molecule has 2 saturated carbocycles. The summed E-state index contributed by atoms with van der Waals surface area (Å²) in [4.78, 5) is 12.0.